The Labute approximate surface area is 119 Å². The first-order valence-electron chi connectivity index (χ1n) is 7.06. The van der Waals surface area contributed by atoms with Crippen LogP contribution in [0.5, 0.6) is 0 Å². The van der Waals surface area contributed by atoms with Crippen molar-refractivity contribution in [3.8, 4) is 0 Å². The summed E-state index contributed by atoms with van der Waals surface area (Å²) in [5, 5.41) is 23.7. The van der Waals surface area contributed by atoms with E-state index in [-0.39, 0.29) is 18.1 Å². The van der Waals surface area contributed by atoms with Crippen LogP contribution in [-0.2, 0) is 4.79 Å². The van der Waals surface area contributed by atoms with Crippen LogP contribution in [0.15, 0.2) is 0 Å². The maximum atomic E-state index is 12.5. The lowest BCUT2D eigenvalue weighted by molar-refractivity contribution is -0.132. The summed E-state index contributed by atoms with van der Waals surface area (Å²) in [5.41, 5.74) is -1.75. The van der Waals surface area contributed by atoms with Crippen LogP contribution < -0.4 is 10.6 Å². The fourth-order valence-corrected chi connectivity index (χ4v) is 2.35. The zero-order chi connectivity index (χ0) is 15.6. The third-order valence-electron chi connectivity index (χ3n) is 4.34. The molecule has 0 aliphatic heterocycles. The number of hydrogen-bond acceptors (Lipinski definition) is 3. The molecule has 4 N–H and O–H groups in total. The predicted molar refractivity (Wildman–Crippen MR) is 75.4 cm³/mol. The molecule has 1 aliphatic rings. The summed E-state index contributed by atoms with van der Waals surface area (Å²) < 4.78 is 0. The molecule has 0 aromatic heterocycles. The molecule has 1 fully saturated rings. The Kier molecular flexibility index (Phi) is 5.02. The molecular formula is C14H26N2O4. The van der Waals surface area contributed by atoms with E-state index >= 15 is 0 Å². The molecule has 1 aliphatic carbocycles. The summed E-state index contributed by atoms with van der Waals surface area (Å²) in [4.78, 5) is 23.5. The summed E-state index contributed by atoms with van der Waals surface area (Å²) in [6.07, 6.45) is 1.29. The van der Waals surface area contributed by atoms with Crippen LogP contribution in [0.4, 0.5) is 4.79 Å². The van der Waals surface area contributed by atoms with Gasteiger partial charge in [0.25, 0.3) is 0 Å². The van der Waals surface area contributed by atoms with Crippen LogP contribution in [0, 0.1) is 5.41 Å². The summed E-state index contributed by atoms with van der Waals surface area (Å²) in [6, 6.07) is 0.00294. The van der Waals surface area contributed by atoms with Crippen LogP contribution >= 0.6 is 0 Å². The van der Waals surface area contributed by atoms with Crippen molar-refractivity contribution in [2.45, 2.75) is 71.1 Å². The van der Waals surface area contributed by atoms with E-state index in [1.807, 2.05) is 20.8 Å². The molecule has 0 aromatic rings. The first-order valence-corrected chi connectivity index (χ1v) is 7.06. The average molecular weight is 286 g/mol. The molecular weight excluding hydrogens is 260 g/mol. The van der Waals surface area contributed by atoms with Crippen molar-refractivity contribution < 1.29 is 19.8 Å². The van der Waals surface area contributed by atoms with Crippen LogP contribution in [0.3, 0.4) is 0 Å². The molecule has 1 saturated carbocycles. The van der Waals surface area contributed by atoms with E-state index in [1.165, 1.54) is 0 Å². The number of carboxylic acid groups (broad SMARTS) is 1. The second kappa shape index (κ2) is 5.99. The molecule has 0 radical (unpaired) electrons. The topological polar surface area (TPSA) is 98.7 Å². The molecule has 1 unspecified atom stereocenters. The van der Waals surface area contributed by atoms with Crippen LogP contribution in [0.25, 0.3) is 0 Å². The van der Waals surface area contributed by atoms with E-state index in [4.69, 9.17) is 5.11 Å². The van der Waals surface area contributed by atoms with Crippen molar-refractivity contribution in [3.05, 3.63) is 0 Å². The zero-order valence-corrected chi connectivity index (χ0v) is 12.7. The van der Waals surface area contributed by atoms with E-state index in [0.717, 1.165) is 12.8 Å². The van der Waals surface area contributed by atoms with Gasteiger partial charge in [0.15, 0.2) is 0 Å². The summed E-state index contributed by atoms with van der Waals surface area (Å²) in [7, 11) is 0. The Bertz CT molecular complexity index is 370. The highest BCUT2D eigenvalue weighted by atomic mass is 16.4. The Morgan fingerprint density at radius 3 is 1.95 bits per heavy atom. The van der Waals surface area contributed by atoms with Gasteiger partial charge in [0.05, 0.1) is 6.10 Å². The van der Waals surface area contributed by atoms with E-state index in [0.29, 0.717) is 12.8 Å². The minimum Gasteiger partial charge on any atom is -0.465 e. The van der Waals surface area contributed by atoms with Crippen molar-refractivity contribution in [2.24, 2.45) is 5.41 Å². The summed E-state index contributed by atoms with van der Waals surface area (Å²) in [5.74, 6) is -0.311. The molecule has 20 heavy (non-hydrogen) atoms. The Hall–Kier alpha value is -1.30. The van der Waals surface area contributed by atoms with Gasteiger partial charge in [-0.2, -0.15) is 0 Å². The van der Waals surface area contributed by atoms with Crippen molar-refractivity contribution in [1.82, 2.24) is 10.6 Å². The first kappa shape index (κ1) is 16.8. The third kappa shape index (κ3) is 3.85. The number of rotatable bonds is 3. The quantitative estimate of drug-likeness (QED) is 0.631. The molecule has 1 atom stereocenters. The number of aliphatic hydroxyl groups excluding tert-OH is 1. The number of carbonyl (C=O) groups excluding carboxylic acids is 1. The zero-order valence-electron chi connectivity index (χ0n) is 12.7. The monoisotopic (exact) mass is 286 g/mol. The van der Waals surface area contributed by atoms with Crippen molar-refractivity contribution >= 4 is 12.0 Å². The minimum absolute atomic E-state index is 0.00294. The molecule has 0 spiro atoms. The standard InChI is InChI=1S/C14H26N2O4/c1-13(2,3)14(4,16-12(19)20)11(18)15-9-5-7-10(17)8-6-9/h9-10,16-17H,5-8H2,1-4H3,(H,15,18)(H,19,20). The fourth-order valence-electron chi connectivity index (χ4n) is 2.35. The predicted octanol–water partition coefficient (Wildman–Crippen LogP) is 1.48. The number of carbonyl (C=O) groups is 2. The largest absolute Gasteiger partial charge is 0.465 e. The van der Waals surface area contributed by atoms with Crippen LogP contribution in [0.2, 0.25) is 0 Å². The lowest BCUT2D eigenvalue weighted by atomic mass is 9.74. The lowest BCUT2D eigenvalue weighted by Crippen LogP contribution is -2.64. The lowest BCUT2D eigenvalue weighted by Gasteiger charge is -2.41. The Balaban J connectivity index is 2.76. The second-order valence-electron chi connectivity index (χ2n) is 6.78. The van der Waals surface area contributed by atoms with Gasteiger partial charge in [0.2, 0.25) is 5.91 Å². The maximum absolute atomic E-state index is 12.5. The minimum atomic E-state index is -1.21. The summed E-state index contributed by atoms with van der Waals surface area (Å²) >= 11 is 0. The highest BCUT2D eigenvalue weighted by Gasteiger charge is 2.46. The highest BCUT2D eigenvalue weighted by Crippen LogP contribution is 2.31. The molecule has 0 heterocycles. The fraction of sp³-hybridized carbons (Fsp3) is 0.857. The number of amides is 2. The number of aliphatic hydroxyl groups is 1. The van der Waals surface area contributed by atoms with Gasteiger partial charge in [0, 0.05) is 6.04 Å². The smallest absolute Gasteiger partial charge is 0.405 e. The molecule has 0 bridgehead atoms. The molecule has 0 aromatic carbocycles. The number of hydrogen-bond donors (Lipinski definition) is 4. The maximum Gasteiger partial charge on any atom is 0.405 e. The molecule has 6 nitrogen and oxygen atoms in total. The van der Waals surface area contributed by atoms with Crippen LogP contribution in [0.1, 0.15) is 53.4 Å². The Morgan fingerprint density at radius 1 is 1.05 bits per heavy atom. The Morgan fingerprint density at radius 2 is 1.55 bits per heavy atom. The molecule has 2 amide bonds. The number of nitrogens with one attached hydrogen (secondary N) is 2. The van der Waals surface area contributed by atoms with Gasteiger partial charge in [0.1, 0.15) is 5.54 Å². The SMILES string of the molecule is CC(C)(C)C(C)(NC(=O)O)C(=O)NC1CCC(O)CC1. The normalized spacial score (nSPS) is 26.4. The van der Waals surface area contributed by atoms with Gasteiger partial charge in [-0.05, 0) is 38.0 Å². The molecule has 0 saturated heterocycles. The second-order valence-corrected chi connectivity index (χ2v) is 6.78. The third-order valence-corrected chi connectivity index (χ3v) is 4.34. The van der Waals surface area contributed by atoms with Gasteiger partial charge < -0.3 is 20.8 Å². The van der Waals surface area contributed by atoms with Gasteiger partial charge in [-0.3, -0.25) is 4.79 Å². The molecule has 6 heteroatoms. The van der Waals surface area contributed by atoms with Gasteiger partial charge >= 0.3 is 6.09 Å². The van der Waals surface area contributed by atoms with E-state index < -0.39 is 17.0 Å². The van der Waals surface area contributed by atoms with Crippen LogP contribution in [-0.4, -0.2) is 39.9 Å². The molecule has 116 valence electrons. The highest BCUT2D eigenvalue weighted by molar-refractivity contribution is 5.90. The summed E-state index contributed by atoms with van der Waals surface area (Å²) in [6.45, 7) is 7.08. The average Bonchev–Trinajstić information content (AvgIpc) is 2.29. The van der Waals surface area contributed by atoms with Gasteiger partial charge in [-0.25, -0.2) is 4.79 Å². The van der Waals surface area contributed by atoms with E-state index in [2.05, 4.69) is 10.6 Å². The van der Waals surface area contributed by atoms with Gasteiger partial charge in [-0.1, -0.05) is 20.8 Å². The van der Waals surface area contributed by atoms with E-state index in [9.17, 15) is 14.7 Å². The molecule has 1 rings (SSSR count). The van der Waals surface area contributed by atoms with E-state index in [1.54, 1.807) is 6.92 Å². The van der Waals surface area contributed by atoms with Crippen molar-refractivity contribution in [3.63, 3.8) is 0 Å². The van der Waals surface area contributed by atoms with Crippen molar-refractivity contribution in [2.75, 3.05) is 0 Å². The van der Waals surface area contributed by atoms with Gasteiger partial charge in [-0.15, -0.1) is 0 Å². The first-order chi connectivity index (χ1) is 9.06. The van der Waals surface area contributed by atoms with Crippen molar-refractivity contribution in [1.29, 1.82) is 0 Å².